The van der Waals surface area contributed by atoms with Gasteiger partial charge in [0.05, 0.1) is 23.7 Å². The summed E-state index contributed by atoms with van der Waals surface area (Å²) in [6, 6.07) is 4.06. The van der Waals surface area contributed by atoms with Crippen molar-refractivity contribution in [1.29, 1.82) is 0 Å². The van der Waals surface area contributed by atoms with Crippen LogP contribution in [0, 0.1) is 16.0 Å². The molecule has 0 radical (unpaired) electrons. The van der Waals surface area contributed by atoms with Gasteiger partial charge in [-0.3, -0.25) is 10.1 Å². The van der Waals surface area contributed by atoms with Crippen LogP contribution < -0.4 is 5.32 Å². The summed E-state index contributed by atoms with van der Waals surface area (Å²) in [5.74, 6) is -0.242. The van der Waals surface area contributed by atoms with Crippen molar-refractivity contribution in [1.82, 2.24) is 0 Å². The number of nitro benzene ring substituents is 1. The molecule has 7 nitrogen and oxygen atoms in total. The summed E-state index contributed by atoms with van der Waals surface area (Å²) >= 11 is 0. The number of nitrogens with one attached hydrogen (secondary N) is 1. The zero-order valence-electron chi connectivity index (χ0n) is 11.0. The summed E-state index contributed by atoms with van der Waals surface area (Å²) in [6.07, 6.45) is 1.12. The lowest BCUT2D eigenvalue weighted by molar-refractivity contribution is -0.384. The number of rotatable bonds is 5. The Balaban J connectivity index is 2.14. The fourth-order valence-corrected chi connectivity index (χ4v) is 2.20. The van der Waals surface area contributed by atoms with Gasteiger partial charge >= 0.3 is 5.97 Å². The van der Waals surface area contributed by atoms with Gasteiger partial charge in [-0.25, -0.2) is 4.79 Å². The van der Waals surface area contributed by atoms with E-state index < -0.39 is 10.9 Å². The minimum atomic E-state index is -0.540. The van der Waals surface area contributed by atoms with E-state index in [0.29, 0.717) is 31.0 Å². The maximum Gasteiger partial charge on any atom is 0.337 e. The van der Waals surface area contributed by atoms with E-state index in [1.165, 1.54) is 25.3 Å². The van der Waals surface area contributed by atoms with Gasteiger partial charge in [-0.15, -0.1) is 0 Å². The molecule has 1 aliphatic carbocycles. The molecule has 1 aliphatic rings. The van der Waals surface area contributed by atoms with E-state index in [-0.39, 0.29) is 17.4 Å². The Morgan fingerprint density at radius 2 is 2.25 bits per heavy atom. The van der Waals surface area contributed by atoms with Gasteiger partial charge in [0.1, 0.15) is 5.69 Å². The molecule has 2 rings (SSSR count). The van der Waals surface area contributed by atoms with Crippen LogP contribution in [-0.2, 0) is 4.74 Å². The number of esters is 1. The number of ether oxygens (including phenoxy) is 1. The Bertz CT molecular complexity index is 525. The van der Waals surface area contributed by atoms with E-state index in [2.05, 4.69) is 10.1 Å². The molecule has 0 atom stereocenters. The van der Waals surface area contributed by atoms with Crippen molar-refractivity contribution in [3.63, 3.8) is 0 Å². The van der Waals surface area contributed by atoms with Crippen LogP contribution in [0.2, 0.25) is 0 Å². The van der Waals surface area contributed by atoms with E-state index >= 15 is 0 Å². The number of anilines is 1. The number of aliphatic hydroxyl groups is 1. The molecule has 0 heterocycles. The number of carbonyl (C=O) groups is 1. The molecule has 0 aromatic heterocycles. The maximum absolute atomic E-state index is 11.4. The first-order valence-corrected chi connectivity index (χ1v) is 6.30. The van der Waals surface area contributed by atoms with E-state index in [9.17, 15) is 20.0 Å². The molecule has 0 spiro atoms. The van der Waals surface area contributed by atoms with Crippen molar-refractivity contribution < 1.29 is 19.6 Å². The van der Waals surface area contributed by atoms with E-state index in [1.54, 1.807) is 0 Å². The predicted octanol–water partition coefficient (Wildman–Crippen LogP) is 1.56. The molecule has 0 aliphatic heterocycles. The molecule has 0 unspecified atom stereocenters. The highest BCUT2D eigenvalue weighted by molar-refractivity contribution is 5.91. The summed E-state index contributed by atoms with van der Waals surface area (Å²) in [5.41, 5.74) is 0.464. The average Bonchev–Trinajstić information content (AvgIpc) is 2.40. The Kier molecular flexibility index (Phi) is 4.19. The topological polar surface area (TPSA) is 102 Å². The molecule has 20 heavy (non-hydrogen) atoms. The molecule has 2 N–H and O–H groups in total. The lowest BCUT2D eigenvalue weighted by atomic mass is 9.82. The number of benzene rings is 1. The van der Waals surface area contributed by atoms with Gasteiger partial charge in [-0.2, -0.15) is 0 Å². The quantitative estimate of drug-likeness (QED) is 0.482. The third kappa shape index (κ3) is 3.05. The van der Waals surface area contributed by atoms with E-state index in [4.69, 9.17) is 0 Å². The number of methoxy groups -OCH3 is 1. The van der Waals surface area contributed by atoms with Crippen molar-refractivity contribution in [2.45, 2.75) is 18.9 Å². The highest BCUT2D eigenvalue weighted by Gasteiger charge is 2.27. The fourth-order valence-electron chi connectivity index (χ4n) is 2.20. The maximum atomic E-state index is 11.4. The smallest absolute Gasteiger partial charge is 0.337 e. The molecule has 1 saturated carbocycles. The van der Waals surface area contributed by atoms with Crippen LogP contribution in [0.3, 0.4) is 0 Å². The Labute approximate surface area is 115 Å². The van der Waals surface area contributed by atoms with Crippen molar-refractivity contribution in [2.75, 3.05) is 19.0 Å². The van der Waals surface area contributed by atoms with Gasteiger partial charge in [-0.05, 0) is 30.9 Å². The molecule has 1 aromatic rings. The second-order valence-corrected chi connectivity index (χ2v) is 4.85. The number of nitro groups is 1. The van der Waals surface area contributed by atoms with Crippen LogP contribution in [0.5, 0.6) is 0 Å². The molecule has 0 bridgehead atoms. The van der Waals surface area contributed by atoms with Crippen LogP contribution in [0.1, 0.15) is 23.2 Å². The molecule has 1 fully saturated rings. The lowest BCUT2D eigenvalue weighted by Gasteiger charge is -2.31. The first kappa shape index (κ1) is 14.3. The average molecular weight is 280 g/mol. The normalized spacial score (nSPS) is 20.9. The monoisotopic (exact) mass is 280 g/mol. The van der Waals surface area contributed by atoms with Crippen molar-refractivity contribution in [3.05, 3.63) is 33.9 Å². The van der Waals surface area contributed by atoms with Gasteiger partial charge in [0, 0.05) is 12.6 Å². The SMILES string of the molecule is COC(=O)c1ccc([N+](=O)[O-])c(NCC2CC(O)C2)c1. The zero-order chi connectivity index (χ0) is 14.7. The third-order valence-electron chi connectivity index (χ3n) is 3.41. The zero-order valence-corrected chi connectivity index (χ0v) is 11.0. The van der Waals surface area contributed by atoms with Crippen LogP contribution >= 0.6 is 0 Å². The Morgan fingerprint density at radius 1 is 1.55 bits per heavy atom. The first-order chi connectivity index (χ1) is 9.51. The summed E-state index contributed by atoms with van der Waals surface area (Å²) < 4.78 is 4.59. The van der Waals surface area contributed by atoms with Crippen LogP contribution in [0.4, 0.5) is 11.4 Å². The third-order valence-corrected chi connectivity index (χ3v) is 3.41. The van der Waals surface area contributed by atoms with Gasteiger partial charge in [0.2, 0.25) is 0 Å². The van der Waals surface area contributed by atoms with Gasteiger partial charge in [-0.1, -0.05) is 0 Å². The largest absolute Gasteiger partial charge is 0.465 e. The molecule has 108 valence electrons. The van der Waals surface area contributed by atoms with Gasteiger partial charge in [0.25, 0.3) is 5.69 Å². The number of aliphatic hydroxyl groups excluding tert-OH is 1. The molecule has 0 saturated heterocycles. The molecule has 1 aromatic carbocycles. The lowest BCUT2D eigenvalue weighted by Crippen LogP contribution is -2.33. The van der Waals surface area contributed by atoms with E-state index in [1.807, 2.05) is 0 Å². The second-order valence-electron chi connectivity index (χ2n) is 4.85. The number of carbonyl (C=O) groups excluding carboxylic acids is 1. The summed E-state index contributed by atoms with van der Waals surface area (Å²) in [7, 11) is 1.26. The highest BCUT2D eigenvalue weighted by Crippen LogP contribution is 2.30. The summed E-state index contributed by atoms with van der Waals surface area (Å²) in [6.45, 7) is 0.530. The fraction of sp³-hybridized carbons (Fsp3) is 0.462. The van der Waals surface area contributed by atoms with Crippen molar-refractivity contribution >= 4 is 17.3 Å². The number of hydrogen-bond donors (Lipinski definition) is 2. The molecular weight excluding hydrogens is 264 g/mol. The second kappa shape index (κ2) is 5.87. The van der Waals surface area contributed by atoms with Gasteiger partial charge in [0.15, 0.2) is 0 Å². The van der Waals surface area contributed by atoms with Crippen molar-refractivity contribution in [2.24, 2.45) is 5.92 Å². The Morgan fingerprint density at radius 3 is 2.80 bits per heavy atom. The molecule has 7 heteroatoms. The Hall–Kier alpha value is -2.15. The van der Waals surface area contributed by atoms with Crippen molar-refractivity contribution in [3.8, 4) is 0 Å². The molecule has 0 amide bonds. The van der Waals surface area contributed by atoms with Gasteiger partial charge < -0.3 is 15.2 Å². The molecular formula is C13H16N2O5. The predicted molar refractivity (Wildman–Crippen MR) is 71.7 cm³/mol. The summed E-state index contributed by atoms with van der Waals surface area (Å²) in [4.78, 5) is 21.9. The first-order valence-electron chi connectivity index (χ1n) is 6.30. The van der Waals surface area contributed by atoms with Crippen LogP contribution in [0.25, 0.3) is 0 Å². The minimum Gasteiger partial charge on any atom is -0.465 e. The van der Waals surface area contributed by atoms with E-state index in [0.717, 1.165) is 0 Å². The van der Waals surface area contributed by atoms with Crippen LogP contribution in [0.15, 0.2) is 18.2 Å². The van der Waals surface area contributed by atoms with Crippen LogP contribution in [-0.4, -0.2) is 35.8 Å². The highest BCUT2D eigenvalue weighted by atomic mass is 16.6. The summed E-state index contributed by atoms with van der Waals surface area (Å²) in [5, 5.41) is 23.1. The number of nitrogens with zero attached hydrogens (tertiary/aromatic N) is 1. The minimum absolute atomic E-state index is 0.0856. The number of hydrogen-bond acceptors (Lipinski definition) is 6. The standard InChI is InChI=1S/C13H16N2O5/c1-20-13(17)9-2-3-12(15(18)19)11(6-9)14-7-8-4-10(16)5-8/h2-3,6,8,10,14,16H,4-5,7H2,1H3.